The number of hydrogen-bond acceptors (Lipinski definition) is 4. The molecule has 7 nitrogen and oxygen atoms in total. The van der Waals surface area contributed by atoms with Gasteiger partial charge in [0.15, 0.2) is 5.96 Å². The summed E-state index contributed by atoms with van der Waals surface area (Å²) in [6.45, 7) is 0.865. The molecule has 170 valence electrons. The van der Waals surface area contributed by atoms with E-state index in [1.165, 1.54) is 13.1 Å². The largest absolute Gasteiger partial charge is 0.489 e. The van der Waals surface area contributed by atoms with E-state index < -0.39 is 23.6 Å². The Hall–Kier alpha value is -3.53. The first-order valence-corrected chi connectivity index (χ1v) is 9.67. The number of nitrogens with zero attached hydrogens (tertiary/aromatic N) is 2. The highest BCUT2D eigenvalue weighted by atomic mass is 19.4. The summed E-state index contributed by atoms with van der Waals surface area (Å²) < 4.78 is 46.7. The number of nitrogens with one attached hydrogen (secondary N) is 2. The summed E-state index contributed by atoms with van der Waals surface area (Å²) >= 11 is 0. The van der Waals surface area contributed by atoms with Crippen molar-refractivity contribution in [3.8, 4) is 5.75 Å². The number of amides is 1. The van der Waals surface area contributed by atoms with Crippen LogP contribution in [0.5, 0.6) is 5.75 Å². The molecule has 0 saturated heterocycles. The minimum Gasteiger partial charge on any atom is -0.489 e. The van der Waals surface area contributed by atoms with Gasteiger partial charge in [-0.1, -0.05) is 24.3 Å². The number of hydrogen-bond donors (Lipinski definition) is 3. The predicted molar refractivity (Wildman–Crippen MR) is 115 cm³/mol. The van der Waals surface area contributed by atoms with Gasteiger partial charge < -0.3 is 20.4 Å². The molecule has 1 amide bonds. The molecule has 0 saturated carbocycles. The van der Waals surface area contributed by atoms with Crippen LogP contribution in [0.25, 0.3) is 10.9 Å². The lowest BCUT2D eigenvalue weighted by Gasteiger charge is -2.13. The fraction of sp³-hybridized carbons (Fsp3) is 0.273. The van der Waals surface area contributed by atoms with Gasteiger partial charge in [0, 0.05) is 25.0 Å². The summed E-state index contributed by atoms with van der Waals surface area (Å²) in [6, 6.07) is 11.0. The second-order valence-corrected chi connectivity index (χ2v) is 7.71. The number of halogens is 3. The van der Waals surface area contributed by atoms with E-state index in [1.807, 2.05) is 43.3 Å². The molecule has 4 N–H and O–H groups in total. The topological polar surface area (TPSA) is 98.4 Å². The normalized spacial score (nSPS) is 11.7. The highest BCUT2D eigenvalue weighted by Gasteiger charge is 2.34. The molecule has 2 aromatic carbocycles. The first kappa shape index (κ1) is 23.1. The van der Waals surface area contributed by atoms with Crippen molar-refractivity contribution < 1.29 is 22.7 Å². The number of aromatic amines is 1. The molecular formula is C22H24F3N5O2. The van der Waals surface area contributed by atoms with Crippen molar-refractivity contribution in [1.82, 2.24) is 14.8 Å². The van der Waals surface area contributed by atoms with Crippen LogP contribution in [0.15, 0.2) is 42.5 Å². The van der Waals surface area contributed by atoms with Gasteiger partial charge in [-0.2, -0.15) is 13.2 Å². The highest BCUT2D eigenvalue weighted by Crippen LogP contribution is 2.38. The standard InChI is InChI=1S/C22H24F3N5O2/c1-29(2)11-13-4-6-14(7-5-13)12-32-15-8-17(22(23,24)25)16-10-19(28-18(16)9-15)20(31)30(3)21(26)27/h4-10,28H,11-12H2,1-3H3,(H3,26,27). The molecule has 1 heterocycles. The summed E-state index contributed by atoms with van der Waals surface area (Å²) in [4.78, 5) is 17.9. The number of nitrogens with two attached hydrogens (primary N) is 1. The molecule has 0 fully saturated rings. The number of rotatable bonds is 6. The van der Waals surface area contributed by atoms with E-state index >= 15 is 0 Å². The number of H-pyrrole nitrogens is 1. The Bertz CT molecular complexity index is 1140. The van der Waals surface area contributed by atoms with Crippen LogP contribution in [0.3, 0.4) is 0 Å². The van der Waals surface area contributed by atoms with Gasteiger partial charge in [-0.15, -0.1) is 0 Å². The smallest absolute Gasteiger partial charge is 0.417 e. The number of ether oxygens (including phenoxy) is 1. The fourth-order valence-electron chi connectivity index (χ4n) is 3.21. The predicted octanol–water partition coefficient (Wildman–Crippen LogP) is 3.79. The first-order chi connectivity index (χ1) is 15.0. The van der Waals surface area contributed by atoms with E-state index in [0.29, 0.717) is 0 Å². The lowest BCUT2D eigenvalue weighted by atomic mass is 10.1. The first-order valence-electron chi connectivity index (χ1n) is 9.67. The third kappa shape index (κ3) is 5.20. The Labute approximate surface area is 183 Å². The lowest BCUT2D eigenvalue weighted by Crippen LogP contribution is -2.38. The molecule has 10 heteroatoms. The SMILES string of the molecule is CN(C)Cc1ccc(COc2cc(C(F)(F)F)c3cc(C(=O)N(C)C(=N)N)[nH]c3c2)cc1. The zero-order chi connectivity index (χ0) is 23.6. The summed E-state index contributed by atoms with van der Waals surface area (Å²) in [6.07, 6.45) is -4.65. The van der Waals surface area contributed by atoms with Crippen molar-refractivity contribution in [3.05, 3.63) is 64.8 Å². The van der Waals surface area contributed by atoms with Crippen LogP contribution in [-0.4, -0.2) is 47.8 Å². The minimum atomic E-state index is -4.65. The molecular weight excluding hydrogens is 423 g/mol. The number of benzene rings is 2. The zero-order valence-corrected chi connectivity index (χ0v) is 17.9. The highest BCUT2D eigenvalue weighted by molar-refractivity contribution is 6.06. The van der Waals surface area contributed by atoms with Crippen molar-refractivity contribution in [3.63, 3.8) is 0 Å². The van der Waals surface area contributed by atoms with Crippen LogP contribution in [0.2, 0.25) is 0 Å². The molecule has 32 heavy (non-hydrogen) atoms. The molecule has 1 aromatic heterocycles. The van der Waals surface area contributed by atoms with Gasteiger partial charge in [0.05, 0.1) is 11.1 Å². The van der Waals surface area contributed by atoms with E-state index in [2.05, 4.69) is 4.98 Å². The van der Waals surface area contributed by atoms with Gasteiger partial charge in [0.25, 0.3) is 5.91 Å². The molecule has 0 spiro atoms. The van der Waals surface area contributed by atoms with Crippen molar-refractivity contribution in [2.45, 2.75) is 19.3 Å². The monoisotopic (exact) mass is 447 g/mol. The Balaban J connectivity index is 1.89. The average molecular weight is 447 g/mol. The van der Waals surface area contributed by atoms with E-state index in [9.17, 15) is 18.0 Å². The minimum absolute atomic E-state index is 0.0166. The Morgan fingerprint density at radius 3 is 2.28 bits per heavy atom. The van der Waals surface area contributed by atoms with Crippen LogP contribution in [-0.2, 0) is 19.3 Å². The average Bonchev–Trinajstić information content (AvgIpc) is 3.14. The maximum Gasteiger partial charge on any atom is 0.417 e. The van der Waals surface area contributed by atoms with Crippen molar-refractivity contribution in [2.24, 2.45) is 5.73 Å². The van der Waals surface area contributed by atoms with Crippen molar-refractivity contribution in [1.29, 1.82) is 5.41 Å². The molecule has 0 unspecified atom stereocenters. The maximum absolute atomic E-state index is 13.7. The van der Waals surface area contributed by atoms with Gasteiger partial charge in [-0.05, 0) is 37.4 Å². The molecule has 3 aromatic rings. The van der Waals surface area contributed by atoms with Gasteiger partial charge in [-0.3, -0.25) is 15.1 Å². The second-order valence-electron chi connectivity index (χ2n) is 7.71. The van der Waals surface area contributed by atoms with E-state index in [-0.39, 0.29) is 29.0 Å². The summed E-state index contributed by atoms with van der Waals surface area (Å²) in [5.41, 5.74) is 6.27. The third-order valence-corrected chi connectivity index (χ3v) is 4.84. The van der Waals surface area contributed by atoms with Crippen LogP contribution in [0.4, 0.5) is 13.2 Å². The van der Waals surface area contributed by atoms with Gasteiger partial charge in [-0.25, -0.2) is 0 Å². The Kier molecular flexibility index (Phi) is 6.45. The van der Waals surface area contributed by atoms with Crippen molar-refractivity contribution in [2.75, 3.05) is 21.1 Å². The van der Waals surface area contributed by atoms with E-state index in [0.717, 1.165) is 34.7 Å². The molecule has 0 radical (unpaired) electrons. The number of carbonyl (C=O) groups excluding carboxylic acids is 1. The number of carbonyl (C=O) groups is 1. The van der Waals surface area contributed by atoms with Crippen molar-refractivity contribution >= 4 is 22.8 Å². The van der Waals surface area contributed by atoms with Crippen LogP contribution < -0.4 is 10.5 Å². The lowest BCUT2D eigenvalue weighted by molar-refractivity contribution is -0.136. The second kappa shape index (κ2) is 8.91. The number of aromatic nitrogens is 1. The number of fused-ring (bicyclic) bond motifs is 1. The zero-order valence-electron chi connectivity index (χ0n) is 17.9. The molecule has 3 rings (SSSR count). The Morgan fingerprint density at radius 1 is 1.09 bits per heavy atom. The molecule has 0 aliphatic carbocycles. The van der Waals surface area contributed by atoms with Gasteiger partial charge >= 0.3 is 6.18 Å². The van der Waals surface area contributed by atoms with Crippen LogP contribution in [0.1, 0.15) is 27.2 Å². The number of guanidine groups is 1. The van der Waals surface area contributed by atoms with Crippen LogP contribution in [0, 0.1) is 5.41 Å². The van der Waals surface area contributed by atoms with E-state index in [4.69, 9.17) is 15.9 Å². The van der Waals surface area contributed by atoms with Crippen LogP contribution >= 0.6 is 0 Å². The summed E-state index contributed by atoms with van der Waals surface area (Å²) in [7, 11) is 5.19. The van der Waals surface area contributed by atoms with Gasteiger partial charge in [0.2, 0.25) is 0 Å². The fourth-order valence-corrected chi connectivity index (χ4v) is 3.21. The number of alkyl halides is 3. The molecule has 0 aliphatic heterocycles. The quantitative estimate of drug-likeness (QED) is 0.396. The Morgan fingerprint density at radius 2 is 1.72 bits per heavy atom. The maximum atomic E-state index is 13.7. The summed E-state index contributed by atoms with van der Waals surface area (Å²) in [5.74, 6) is -1.23. The molecule has 0 bridgehead atoms. The molecule has 0 atom stereocenters. The van der Waals surface area contributed by atoms with E-state index in [1.54, 1.807) is 0 Å². The van der Waals surface area contributed by atoms with Gasteiger partial charge in [0.1, 0.15) is 18.1 Å². The third-order valence-electron chi connectivity index (χ3n) is 4.84. The molecule has 0 aliphatic rings. The summed E-state index contributed by atoms with van der Waals surface area (Å²) in [5, 5.41) is 7.17.